The summed E-state index contributed by atoms with van der Waals surface area (Å²) in [6.45, 7) is 3.28. The lowest BCUT2D eigenvalue weighted by Gasteiger charge is -2.12. The van der Waals surface area contributed by atoms with Crippen LogP contribution in [0.1, 0.15) is 23.0 Å². The van der Waals surface area contributed by atoms with Gasteiger partial charge >= 0.3 is 0 Å². The van der Waals surface area contributed by atoms with E-state index in [1.54, 1.807) is 24.3 Å². The lowest BCUT2D eigenvalue weighted by Crippen LogP contribution is -2.13. The standard InChI is InChI=1S/C18H16N2O3/c1-11-14(19-12(2)21)7-5-8-15(11)20-18(22)17-10-13-6-3-4-9-16(13)23-17/h3-10H,1-2H3,(H,19,21)(H,20,22). The zero-order chi connectivity index (χ0) is 16.4. The van der Waals surface area contributed by atoms with Gasteiger partial charge in [-0.25, -0.2) is 0 Å². The molecule has 23 heavy (non-hydrogen) atoms. The lowest BCUT2D eigenvalue weighted by atomic mass is 10.1. The number of rotatable bonds is 3. The average Bonchev–Trinajstić information content (AvgIpc) is 2.95. The van der Waals surface area contributed by atoms with E-state index in [2.05, 4.69) is 10.6 Å². The maximum atomic E-state index is 12.4. The van der Waals surface area contributed by atoms with E-state index in [4.69, 9.17) is 4.42 Å². The van der Waals surface area contributed by atoms with E-state index >= 15 is 0 Å². The Morgan fingerprint density at radius 3 is 2.35 bits per heavy atom. The first-order valence-corrected chi connectivity index (χ1v) is 7.22. The van der Waals surface area contributed by atoms with Crippen molar-refractivity contribution in [3.63, 3.8) is 0 Å². The smallest absolute Gasteiger partial charge is 0.291 e. The molecule has 0 bridgehead atoms. The van der Waals surface area contributed by atoms with Gasteiger partial charge in [0.25, 0.3) is 5.91 Å². The number of hydrogen-bond acceptors (Lipinski definition) is 3. The van der Waals surface area contributed by atoms with E-state index in [1.165, 1.54) is 6.92 Å². The number of anilines is 2. The van der Waals surface area contributed by atoms with Gasteiger partial charge in [-0.3, -0.25) is 9.59 Å². The molecule has 0 unspecified atom stereocenters. The quantitative estimate of drug-likeness (QED) is 0.769. The van der Waals surface area contributed by atoms with Crippen molar-refractivity contribution in [3.05, 3.63) is 59.9 Å². The van der Waals surface area contributed by atoms with Gasteiger partial charge in [0.05, 0.1) is 0 Å². The van der Waals surface area contributed by atoms with Crippen molar-refractivity contribution >= 4 is 34.2 Å². The molecule has 2 amide bonds. The summed E-state index contributed by atoms with van der Waals surface area (Å²) >= 11 is 0. The minimum atomic E-state index is -0.329. The van der Waals surface area contributed by atoms with Crippen molar-refractivity contribution in [1.82, 2.24) is 0 Å². The number of nitrogens with one attached hydrogen (secondary N) is 2. The third-order valence-electron chi connectivity index (χ3n) is 3.54. The Bertz CT molecular complexity index is 863. The summed E-state index contributed by atoms with van der Waals surface area (Å²) in [5.74, 6) is -0.242. The second-order valence-electron chi connectivity index (χ2n) is 5.26. The number of carbonyl (C=O) groups is 2. The molecule has 2 N–H and O–H groups in total. The molecule has 0 atom stereocenters. The molecule has 0 aliphatic heterocycles. The van der Waals surface area contributed by atoms with E-state index in [1.807, 2.05) is 31.2 Å². The first-order valence-electron chi connectivity index (χ1n) is 7.22. The van der Waals surface area contributed by atoms with Crippen molar-refractivity contribution in [1.29, 1.82) is 0 Å². The van der Waals surface area contributed by atoms with Gasteiger partial charge in [-0.2, -0.15) is 0 Å². The fraction of sp³-hybridized carbons (Fsp3) is 0.111. The molecule has 116 valence electrons. The molecule has 0 radical (unpaired) electrons. The second kappa shape index (κ2) is 5.96. The summed E-state index contributed by atoms with van der Waals surface area (Å²) in [4.78, 5) is 23.6. The molecule has 0 aliphatic carbocycles. The number of furan rings is 1. The summed E-state index contributed by atoms with van der Waals surface area (Å²) in [5, 5.41) is 6.43. The Morgan fingerprint density at radius 1 is 0.957 bits per heavy atom. The highest BCUT2D eigenvalue weighted by molar-refractivity contribution is 6.05. The molecule has 1 heterocycles. The largest absolute Gasteiger partial charge is 0.451 e. The van der Waals surface area contributed by atoms with E-state index in [-0.39, 0.29) is 17.6 Å². The molecule has 0 spiro atoms. The number of para-hydroxylation sites is 1. The van der Waals surface area contributed by atoms with Gasteiger partial charge in [-0.1, -0.05) is 24.3 Å². The molecule has 5 heteroatoms. The van der Waals surface area contributed by atoms with Gasteiger partial charge in [0.2, 0.25) is 5.91 Å². The van der Waals surface area contributed by atoms with Crippen molar-refractivity contribution in [2.24, 2.45) is 0 Å². The van der Waals surface area contributed by atoms with E-state index in [9.17, 15) is 9.59 Å². The van der Waals surface area contributed by atoms with Crippen LogP contribution in [0.3, 0.4) is 0 Å². The van der Waals surface area contributed by atoms with Crippen LogP contribution in [-0.2, 0) is 4.79 Å². The van der Waals surface area contributed by atoms with Gasteiger partial charge in [0.1, 0.15) is 5.58 Å². The minimum absolute atomic E-state index is 0.158. The van der Waals surface area contributed by atoms with Crippen LogP contribution in [0.15, 0.2) is 52.9 Å². The van der Waals surface area contributed by atoms with E-state index < -0.39 is 0 Å². The van der Waals surface area contributed by atoms with E-state index in [0.717, 1.165) is 10.9 Å². The molecule has 2 aromatic carbocycles. The van der Waals surface area contributed by atoms with Crippen LogP contribution in [0.5, 0.6) is 0 Å². The summed E-state index contributed by atoms with van der Waals surface area (Å²) in [7, 11) is 0. The summed E-state index contributed by atoms with van der Waals surface area (Å²) < 4.78 is 5.55. The SMILES string of the molecule is CC(=O)Nc1cccc(NC(=O)c2cc3ccccc3o2)c1C. The molecular weight excluding hydrogens is 292 g/mol. The van der Waals surface area contributed by atoms with Crippen molar-refractivity contribution in [2.75, 3.05) is 10.6 Å². The normalized spacial score (nSPS) is 10.5. The molecular formula is C18H16N2O3. The van der Waals surface area contributed by atoms with Crippen LogP contribution < -0.4 is 10.6 Å². The van der Waals surface area contributed by atoms with Gasteiger partial charge < -0.3 is 15.1 Å². The van der Waals surface area contributed by atoms with Crippen molar-refractivity contribution < 1.29 is 14.0 Å². The Balaban J connectivity index is 1.86. The topological polar surface area (TPSA) is 71.3 Å². The molecule has 0 fully saturated rings. The van der Waals surface area contributed by atoms with Gasteiger partial charge in [-0.15, -0.1) is 0 Å². The summed E-state index contributed by atoms with van der Waals surface area (Å²) in [6.07, 6.45) is 0. The van der Waals surface area contributed by atoms with Crippen LogP contribution in [-0.4, -0.2) is 11.8 Å². The predicted molar refractivity (Wildman–Crippen MR) is 89.6 cm³/mol. The van der Waals surface area contributed by atoms with Crippen LogP contribution >= 0.6 is 0 Å². The van der Waals surface area contributed by atoms with Gasteiger partial charge in [0.15, 0.2) is 5.76 Å². The number of benzene rings is 2. The Hall–Kier alpha value is -3.08. The zero-order valence-electron chi connectivity index (χ0n) is 12.8. The molecule has 5 nitrogen and oxygen atoms in total. The van der Waals surface area contributed by atoms with E-state index in [0.29, 0.717) is 17.0 Å². The summed E-state index contributed by atoms with van der Waals surface area (Å²) in [6, 6.07) is 14.5. The average molecular weight is 308 g/mol. The molecule has 1 aromatic heterocycles. The summed E-state index contributed by atoms with van der Waals surface area (Å²) in [5.41, 5.74) is 2.75. The van der Waals surface area contributed by atoms with Gasteiger partial charge in [-0.05, 0) is 36.8 Å². The third-order valence-corrected chi connectivity index (χ3v) is 3.54. The Kier molecular flexibility index (Phi) is 3.85. The minimum Gasteiger partial charge on any atom is -0.451 e. The van der Waals surface area contributed by atoms with Crippen LogP contribution in [0, 0.1) is 6.92 Å². The second-order valence-corrected chi connectivity index (χ2v) is 5.26. The van der Waals surface area contributed by atoms with Crippen molar-refractivity contribution in [2.45, 2.75) is 13.8 Å². The molecule has 0 aliphatic rings. The van der Waals surface area contributed by atoms with Crippen LogP contribution in [0.4, 0.5) is 11.4 Å². The fourth-order valence-corrected chi connectivity index (χ4v) is 2.37. The monoisotopic (exact) mass is 308 g/mol. The molecule has 3 aromatic rings. The fourth-order valence-electron chi connectivity index (χ4n) is 2.37. The molecule has 0 saturated carbocycles. The number of carbonyl (C=O) groups excluding carboxylic acids is 2. The lowest BCUT2D eigenvalue weighted by molar-refractivity contribution is -0.114. The zero-order valence-corrected chi connectivity index (χ0v) is 12.8. The van der Waals surface area contributed by atoms with Crippen LogP contribution in [0.2, 0.25) is 0 Å². The Morgan fingerprint density at radius 2 is 1.65 bits per heavy atom. The predicted octanol–water partition coefficient (Wildman–Crippen LogP) is 3.95. The maximum absolute atomic E-state index is 12.4. The first kappa shape index (κ1) is 14.8. The highest BCUT2D eigenvalue weighted by Gasteiger charge is 2.14. The first-order chi connectivity index (χ1) is 11.0. The van der Waals surface area contributed by atoms with Crippen LogP contribution in [0.25, 0.3) is 11.0 Å². The third kappa shape index (κ3) is 3.08. The highest BCUT2D eigenvalue weighted by Crippen LogP contribution is 2.25. The molecule has 3 rings (SSSR count). The number of hydrogen-bond donors (Lipinski definition) is 2. The molecule has 0 saturated heterocycles. The maximum Gasteiger partial charge on any atom is 0.291 e. The van der Waals surface area contributed by atoms with Crippen molar-refractivity contribution in [3.8, 4) is 0 Å². The Labute approximate surface area is 133 Å². The number of amides is 2. The highest BCUT2D eigenvalue weighted by atomic mass is 16.3. The van der Waals surface area contributed by atoms with Gasteiger partial charge in [0, 0.05) is 23.7 Å². The number of fused-ring (bicyclic) bond motifs is 1.